The predicted molar refractivity (Wildman–Crippen MR) is 214 cm³/mol. The van der Waals surface area contributed by atoms with Gasteiger partial charge >= 0.3 is 0 Å². The van der Waals surface area contributed by atoms with E-state index in [1.165, 1.54) is 38.0 Å². The van der Waals surface area contributed by atoms with Crippen LogP contribution in [0.5, 0.6) is 0 Å². The maximum atomic E-state index is 5.21. The fourth-order valence-corrected chi connectivity index (χ4v) is 7.88. The largest absolute Gasteiger partial charge is 0.309 e. The molecule has 0 saturated heterocycles. The average Bonchev–Trinajstić information content (AvgIpc) is 3.70. The highest BCUT2D eigenvalue weighted by Crippen LogP contribution is 2.39. The van der Waals surface area contributed by atoms with Crippen LogP contribution in [0.15, 0.2) is 176 Å². The highest BCUT2D eigenvalue weighted by atomic mass is 15.2. The van der Waals surface area contributed by atoms with Gasteiger partial charge in [0.15, 0.2) is 11.6 Å². The molecule has 0 radical (unpaired) electrons. The molecule has 3 heterocycles. The van der Waals surface area contributed by atoms with Crippen LogP contribution in [0, 0.1) is 0 Å². The van der Waals surface area contributed by atoms with Gasteiger partial charge in [-0.1, -0.05) is 133 Å². The minimum absolute atomic E-state index is 0.577. The molecule has 242 valence electrons. The van der Waals surface area contributed by atoms with Gasteiger partial charge in [-0.3, -0.25) is 4.57 Å². The van der Waals surface area contributed by atoms with E-state index < -0.39 is 0 Å². The molecule has 0 N–H and O–H groups in total. The van der Waals surface area contributed by atoms with E-state index in [0.717, 1.165) is 44.0 Å². The summed E-state index contributed by atoms with van der Waals surface area (Å²) in [5, 5.41) is 9.56. The zero-order chi connectivity index (χ0) is 34.2. The Morgan fingerprint density at radius 1 is 0.308 bits per heavy atom. The van der Waals surface area contributed by atoms with Gasteiger partial charge in [-0.25, -0.2) is 4.98 Å². The molecule has 11 rings (SSSR count). The number of hydrogen-bond acceptors (Lipinski definition) is 3. The number of nitrogens with zero attached hydrogens (tertiary/aromatic N) is 5. The molecule has 0 amide bonds. The molecule has 8 aromatic carbocycles. The summed E-state index contributed by atoms with van der Waals surface area (Å²) in [5.41, 5.74) is 7.36. The van der Waals surface area contributed by atoms with Crippen LogP contribution in [0.1, 0.15) is 0 Å². The molecule has 3 aromatic heterocycles. The van der Waals surface area contributed by atoms with Gasteiger partial charge in [0.1, 0.15) is 0 Å². The molecular formula is C47H29N5. The van der Waals surface area contributed by atoms with Gasteiger partial charge in [-0.2, -0.15) is 9.97 Å². The summed E-state index contributed by atoms with van der Waals surface area (Å²) < 4.78 is 4.62. The summed E-state index contributed by atoms with van der Waals surface area (Å²) in [4.78, 5) is 15.4. The summed E-state index contributed by atoms with van der Waals surface area (Å²) in [6.07, 6.45) is 0. The Balaban J connectivity index is 1.25. The first kappa shape index (κ1) is 28.7. The Labute approximate surface area is 298 Å². The molecule has 0 bridgehead atoms. The molecule has 0 unspecified atom stereocenters. The summed E-state index contributed by atoms with van der Waals surface area (Å²) in [6, 6.07) is 62.2. The summed E-state index contributed by atoms with van der Waals surface area (Å²) in [7, 11) is 0. The number of fused-ring (bicyclic) bond motifs is 8. The minimum atomic E-state index is 0.577. The second-order valence-electron chi connectivity index (χ2n) is 13.3. The monoisotopic (exact) mass is 663 g/mol. The first-order chi connectivity index (χ1) is 25.8. The van der Waals surface area contributed by atoms with Crippen molar-refractivity contribution in [3.8, 4) is 34.4 Å². The minimum Gasteiger partial charge on any atom is -0.309 e. The SMILES string of the molecule is c1ccc(-c2nc(-c3ccccc3)nc(-n3c4cc(-n5c6ccccc6c6cc7ccccc7cc65)ccc4c4cc5ccccc5cc43)n2)cc1. The third kappa shape index (κ3) is 4.39. The lowest BCUT2D eigenvalue weighted by Gasteiger charge is -2.12. The van der Waals surface area contributed by atoms with Crippen LogP contribution < -0.4 is 0 Å². The smallest absolute Gasteiger partial charge is 0.238 e. The topological polar surface area (TPSA) is 48.5 Å². The van der Waals surface area contributed by atoms with Crippen molar-refractivity contribution in [3.63, 3.8) is 0 Å². The summed E-state index contributed by atoms with van der Waals surface area (Å²) in [6.45, 7) is 0. The van der Waals surface area contributed by atoms with Crippen LogP contribution in [0.25, 0.3) is 99.6 Å². The summed E-state index contributed by atoms with van der Waals surface area (Å²) >= 11 is 0. The van der Waals surface area contributed by atoms with E-state index >= 15 is 0 Å². The summed E-state index contributed by atoms with van der Waals surface area (Å²) in [5.74, 6) is 1.84. The van der Waals surface area contributed by atoms with Gasteiger partial charge < -0.3 is 4.57 Å². The second-order valence-corrected chi connectivity index (χ2v) is 13.3. The van der Waals surface area contributed by atoms with Crippen molar-refractivity contribution in [1.82, 2.24) is 24.1 Å². The van der Waals surface area contributed by atoms with Crippen molar-refractivity contribution in [1.29, 1.82) is 0 Å². The Hall–Kier alpha value is -7.11. The van der Waals surface area contributed by atoms with Gasteiger partial charge in [0.2, 0.25) is 5.95 Å². The van der Waals surface area contributed by atoms with Crippen LogP contribution in [-0.2, 0) is 0 Å². The zero-order valence-electron chi connectivity index (χ0n) is 28.0. The number of rotatable bonds is 4. The lowest BCUT2D eigenvalue weighted by atomic mass is 10.1. The maximum absolute atomic E-state index is 5.21. The third-order valence-electron chi connectivity index (χ3n) is 10.3. The highest BCUT2D eigenvalue weighted by Gasteiger charge is 2.20. The Kier molecular flexibility index (Phi) is 6.18. The third-order valence-corrected chi connectivity index (χ3v) is 10.3. The molecule has 11 aromatic rings. The van der Waals surface area contributed by atoms with Gasteiger partial charge in [0.25, 0.3) is 0 Å². The van der Waals surface area contributed by atoms with Crippen molar-refractivity contribution in [2.45, 2.75) is 0 Å². The molecule has 0 atom stereocenters. The van der Waals surface area contributed by atoms with Gasteiger partial charge in [0, 0.05) is 38.4 Å². The lowest BCUT2D eigenvalue weighted by Crippen LogP contribution is -2.06. The number of aromatic nitrogens is 5. The van der Waals surface area contributed by atoms with Gasteiger partial charge in [-0.05, 0) is 64.0 Å². The zero-order valence-corrected chi connectivity index (χ0v) is 28.0. The molecule has 0 fully saturated rings. The van der Waals surface area contributed by atoms with E-state index in [1.54, 1.807) is 0 Å². The molecule has 5 heteroatoms. The fourth-order valence-electron chi connectivity index (χ4n) is 7.88. The van der Waals surface area contributed by atoms with Gasteiger partial charge in [-0.15, -0.1) is 0 Å². The van der Waals surface area contributed by atoms with Crippen LogP contribution in [0.2, 0.25) is 0 Å². The molecule has 0 aliphatic heterocycles. The highest BCUT2D eigenvalue weighted by molar-refractivity contribution is 6.16. The standard InChI is InChI=1S/C47H29N5/c1-3-13-30(14-4-1)45-48-46(31-15-5-2-6-16-31)50-47(49-45)52-43-28-35-20-10-8-18-33(35)26-40(43)38-24-23-36(29-44(38)52)51-41-22-12-11-21-37(41)39-25-32-17-7-9-19-34(32)27-42(39)51/h1-29H. The molecular weight excluding hydrogens is 635 g/mol. The Morgan fingerprint density at radius 2 is 0.769 bits per heavy atom. The predicted octanol–water partition coefficient (Wildman–Crippen LogP) is 11.7. The van der Waals surface area contributed by atoms with Gasteiger partial charge in [0.05, 0.1) is 22.1 Å². The normalized spacial score (nSPS) is 11.8. The van der Waals surface area contributed by atoms with Crippen molar-refractivity contribution < 1.29 is 0 Å². The average molecular weight is 664 g/mol. The molecule has 0 spiro atoms. The van der Waals surface area contributed by atoms with Crippen LogP contribution >= 0.6 is 0 Å². The van der Waals surface area contributed by atoms with Crippen LogP contribution in [0.3, 0.4) is 0 Å². The van der Waals surface area contributed by atoms with E-state index in [-0.39, 0.29) is 0 Å². The Bertz CT molecular complexity index is 3120. The van der Waals surface area contributed by atoms with Crippen molar-refractivity contribution in [2.24, 2.45) is 0 Å². The number of hydrogen-bond donors (Lipinski definition) is 0. The molecule has 52 heavy (non-hydrogen) atoms. The van der Waals surface area contributed by atoms with E-state index in [1.807, 2.05) is 36.4 Å². The lowest BCUT2D eigenvalue weighted by molar-refractivity contribution is 0.953. The molecule has 0 aliphatic carbocycles. The van der Waals surface area contributed by atoms with E-state index in [4.69, 9.17) is 15.0 Å². The first-order valence-corrected chi connectivity index (χ1v) is 17.5. The second kappa shape index (κ2) is 11.2. The maximum Gasteiger partial charge on any atom is 0.238 e. The van der Waals surface area contributed by atoms with E-state index in [9.17, 15) is 0 Å². The van der Waals surface area contributed by atoms with E-state index in [0.29, 0.717) is 17.6 Å². The number of para-hydroxylation sites is 1. The fraction of sp³-hybridized carbons (Fsp3) is 0. The Morgan fingerprint density at radius 3 is 1.37 bits per heavy atom. The van der Waals surface area contributed by atoms with Crippen LogP contribution in [-0.4, -0.2) is 24.1 Å². The molecule has 5 nitrogen and oxygen atoms in total. The number of benzene rings is 8. The quantitative estimate of drug-likeness (QED) is 0.188. The van der Waals surface area contributed by atoms with Crippen molar-refractivity contribution in [3.05, 3.63) is 176 Å². The van der Waals surface area contributed by atoms with E-state index in [2.05, 4.69) is 149 Å². The molecule has 0 aliphatic rings. The van der Waals surface area contributed by atoms with Crippen molar-refractivity contribution in [2.75, 3.05) is 0 Å². The van der Waals surface area contributed by atoms with Crippen LogP contribution in [0.4, 0.5) is 0 Å². The molecule has 0 saturated carbocycles. The first-order valence-electron chi connectivity index (χ1n) is 17.5. The van der Waals surface area contributed by atoms with Crippen molar-refractivity contribution >= 4 is 65.2 Å².